The largest absolute Gasteiger partial charge is 0.360 e. The minimum atomic E-state index is -0.277. The Morgan fingerprint density at radius 1 is 1.03 bits per heavy atom. The Hall–Kier alpha value is -4.07. The van der Waals surface area contributed by atoms with Crippen molar-refractivity contribution in [2.75, 3.05) is 18.9 Å². The van der Waals surface area contributed by atoms with Crippen molar-refractivity contribution in [1.29, 1.82) is 0 Å². The highest BCUT2D eigenvalue weighted by Crippen LogP contribution is 2.31. The average Bonchev–Trinajstić information content (AvgIpc) is 3.50. The monoisotopic (exact) mass is 454 g/mol. The summed E-state index contributed by atoms with van der Waals surface area (Å²) in [5, 5.41) is 7.60. The van der Waals surface area contributed by atoms with Crippen LogP contribution in [0.5, 0.6) is 0 Å². The molecule has 1 amide bonds. The SMILES string of the molecule is CC[C@@H](Nc1nccc(-c2cccc(-c3cc([C@@H]4CCN(C)C4=O)on3)n2)n1)c1ccccc1. The number of anilines is 1. The second kappa shape index (κ2) is 9.43. The van der Waals surface area contributed by atoms with Gasteiger partial charge in [-0.2, -0.15) is 0 Å². The van der Waals surface area contributed by atoms with Crippen LogP contribution >= 0.6 is 0 Å². The van der Waals surface area contributed by atoms with E-state index in [0.717, 1.165) is 19.4 Å². The van der Waals surface area contributed by atoms with Gasteiger partial charge in [-0.3, -0.25) is 4.79 Å². The van der Waals surface area contributed by atoms with Gasteiger partial charge in [0.2, 0.25) is 11.9 Å². The van der Waals surface area contributed by atoms with Crippen LogP contribution in [0.4, 0.5) is 5.95 Å². The van der Waals surface area contributed by atoms with E-state index in [1.807, 2.05) is 48.5 Å². The number of likely N-dealkylation sites (N-methyl/N-ethyl adjacent to an activating group) is 1. The first kappa shape index (κ1) is 21.8. The lowest BCUT2D eigenvalue weighted by molar-refractivity contribution is -0.128. The van der Waals surface area contributed by atoms with E-state index >= 15 is 0 Å². The standard InChI is InChI=1S/C26H26N6O2/c1-3-19(17-8-5-4-6-9-17)29-26-27-14-12-22(30-26)20-10-7-11-21(28-20)23-16-24(34-31-23)18-13-15-32(2)25(18)33/h4-12,14,16,18-19H,3,13,15H2,1-2H3,(H,27,29,30)/t18-,19+/m0/s1. The van der Waals surface area contributed by atoms with Crippen molar-refractivity contribution in [2.45, 2.75) is 31.7 Å². The van der Waals surface area contributed by atoms with Crippen LogP contribution < -0.4 is 5.32 Å². The van der Waals surface area contributed by atoms with Gasteiger partial charge in [0, 0.05) is 25.9 Å². The van der Waals surface area contributed by atoms with Crippen molar-refractivity contribution < 1.29 is 9.32 Å². The van der Waals surface area contributed by atoms with Crippen molar-refractivity contribution in [3.8, 4) is 22.8 Å². The molecule has 5 rings (SSSR count). The summed E-state index contributed by atoms with van der Waals surface area (Å²) < 4.78 is 5.51. The molecule has 2 atom stereocenters. The zero-order valence-electron chi connectivity index (χ0n) is 19.2. The fourth-order valence-corrected chi connectivity index (χ4v) is 4.21. The molecule has 8 heteroatoms. The van der Waals surface area contributed by atoms with Crippen LogP contribution in [0.1, 0.15) is 43.0 Å². The van der Waals surface area contributed by atoms with E-state index in [1.54, 1.807) is 18.1 Å². The van der Waals surface area contributed by atoms with Crippen molar-refractivity contribution in [3.63, 3.8) is 0 Å². The number of hydrogen-bond acceptors (Lipinski definition) is 7. The summed E-state index contributed by atoms with van der Waals surface area (Å²) in [5.74, 6) is 0.914. The van der Waals surface area contributed by atoms with Gasteiger partial charge in [-0.1, -0.05) is 48.5 Å². The fourth-order valence-electron chi connectivity index (χ4n) is 4.21. The number of carbonyl (C=O) groups excluding carboxylic acids is 1. The number of rotatable bonds is 7. The second-order valence-corrected chi connectivity index (χ2v) is 8.40. The molecule has 1 fully saturated rings. The van der Waals surface area contributed by atoms with Crippen LogP contribution in [0.3, 0.4) is 0 Å². The van der Waals surface area contributed by atoms with Crippen LogP contribution in [-0.2, 0) is 4.79 Å². The molecule has 0 unspecified atom stereocenters. The Morgan fingerprint density at radius 3 is 2.53 bits per heavy atom. The molecule has 8 nitrogen and oxygen atoms in total. The van der Waals surface area contributed by atoms with Crippen molar-refractivity contribution in [1.82, 2.24) is 25.0 Å². The van der Waals surface area contributed by atoms with Gasteiger partial charge in [-0.25, -0.2) is 15.0 Å². The fraction of sp³-hybridized carbons (Fsp3) is 0.269. The Balaban J connectivity index is 1.37. The molecule has 0 saturated carbocycles. The number of carbonyl (C=O) groups is 1. The second-order valence-electron chi connectivity index (χ2n) is 8.40. The van der Waals surface area contributed by atoms with Crippen LogP contribution in [0.15, 0.2) is 71.4 Å². The highest BCUT2D eigenvalue weighted by atomic mass is 16.5. The summed E-state index contributed by atoms with van der Waals surface area (Å²) in [6.07, 6.45) is 3.36. The molecule has 1 aliphatic heterocycles. The summed E-state index contributed by atoms with van der Waals surface area (Å²) in [4.78, 5) is 27.9. The summed E-state index contributed by atoms with van der Waals surface area (Å²) in [7, 11) is 1.80. The quantitative estimate of drug-likeness (QED) is 0.432. The van der Waals surface area contributed by atoms with Gasteiger partial charge >= 0.3 is 0 Å². The summed E-state index contributed by atoms with van der Waals surface area (Å²) in [6, 6.07) is 19.7. The number of nitrogens with one attached hydrogen (secondary N) is 1. The molecule has 1 aromatic carbocycles. The Morgan fingerprint density at radius 2 is 1.79 bits per heavy atom. The molecular formula is C26H26N6O2. The zero-order chi connectivity index (χ0) is 23.5. The Bertz CT molecular complexity index is 1290. The third kappa shape index (κ3) is 4.39. The zero-order valence-corrected chi connectivity index (χ0v) is 19.2. The van der Waals surface area contributed by atoms with Crippen LogP contribution in [0.2, 0.25) is 0 Å². The van der Waals surface area contributed by atoms with Crippen molar-refractivity contribution >= 4 is 11.9 Å². The molecule has 1 aliphatic rings. The minimum absolute atomic E-state index is 0.0614. The van der Waals surface area contributed by atoms with Crippen LogP contribution in [0.25, 0.3) is 22.8 Å². The topological polar surface area (TPSA) is 97.0 Å². The lowest BCUT2D eigenvalue weighted by atomic mass is 10.0. The molecule has 0 spiro atoms. The number of hydrogen-bond donors (Lipinski definition) is 1. The highest BCUT2D eigenvalue weighted by molar-refractivity contribution is 5.85. The Labute approximate surface area is 198 Å². The van der Waals surface area contributed by atoms with E-state index in [0.29, 0.717) is 34.5 Å². The first-order valence-electron chi connectivity index (χ1n) is 11.5. The van der Waals surface area contributed by atoms with Gasteiger partial charge in [0.1, 0.15) is 17.4 Å². The normalized spacial score (nSPS) is 16.6. The summed E-state index contributed by atoms with van der Waals surface area (Å²) in [6.45, 7) is 2.85. The van der Waals surface area contributed by atoms with E-state index in [1.165, 1.54) is 5.56 Å². The summed E-state index contributed by atoms with van der Waals surface area (Å²) >= 11 is 0. The van der Waals surface area contributed by atoms with Gasteiger partial charge in [-0.15, -0.1) is 0 Å². The molecule has 1 saturated heterocycles. The van der Waals surface area contributed by atoms with Gasteiger partial charge < -0.3 is 14.7 Å². The molecule has 0 bridgehead atoms. The number of nitrogens with zero attached hydrogens (tertiary/aromatic N) is 5. The minimum Gasteiger partial charge on any atom is -0.360 e. The van der Waals surface area contributed by atoms with Crippen LogP contribution in [-0.4, -0.2) is 44.5 Å². The molecule has 3 aromatic heterocycles. The number of amides is 1. The van der Waals surface area contributed by atoms with Crippen molar-refractivity contribution in [2.24, 2.45) is 0 Å². The maximum atomic E-state index is 12.3. The third-order valence-electron chi connectivity index (χ3n) is 6.14. The molecular weight excluding hydrogens is 428 g/mol. The van der Waals surface area contributed by atoms with E-state index < -0.39 is 0 Å². The lowest BCUT2D eigenvalue weighted by Crippen LogP contribution is -2.21. The van der Waals surface area contributed by atoms with Gasteiger partial charge in [0.05, 0.1) is 23.1 Å². The van der Waals surface area contributed by atoms with Gasteiger partial charge in [0.25, 0.3) is 0 Å². The third-order valence-corrected chi connectivity index (χ3v) is 6.14. The van der Waals surface area contributed by atoms with E-state index in [2.05, 4.69) is 34.5 Å². The first-order chi connectivity index (χ1) is 16.6. The van der Waals surface area contributed by atoms with Gasteiger partial charge in [0.15, 0.2) is 0 Å². The Kier molecular flexibility index (Phi) is 6.03. The molecule has 4 heterocycles. The summed E-state index contributed by atoms with van der Waals surface area (Å²) in [5.41, 5.74) is 3.86. The van der Waals surface area contributed by atoms with Gasteiger partial charge in [-0.05, 0) is 36.6 Å². The molecule has 34 heavy (non-hydrogen) atoms. The molecule has 172 valence electrons. The average molecular weight is 455 g/mol. The number of pyridine rings is 1. The predicted molar refractivity (Wildman–Crippen MR) is 129 cm³/mol. The smallest absolute Gasteiger partial charge is 0.233 e. The number of likely N-dealkylation sites (tertiary alicyclic amines) is 1. The van der Waals surface area contributed by atoms with E-state index in [-0.39, 0.29) is 17.9 Å². The lowest BCUT2D eigenvalue weighted by Gasteiger charge is -2.17. The van der Waals surface area contributed by atoms with E-state index in [9.17, 15) is 4.79 Å². The van der Waals surface area contributed by atoms with Crippen LogP contribution in [0, 0.1) is 0 Å². The maximum Gasteiger partial charge on any atom is 0.233 e. The van der Waals surface area contributed by atoms with Crippen molar-refractivity contribution in [3.05, 3.63) is 78.2 Å². The molecule has 0 aliphatic carbocycles. The predicted octanol–water partition coefficient (Wildman–Crippen LogP) is 4.70. The molecule has 4 aromatic rings. The maximum absolute atomic E-state index is 12.3. The molecule has 1 N–H and O–H groups in total. The number of benzene rings is 1. The molecule has 0 radical (unpaired) electrons. The highest BCUT2D eigenvalue weighted by Gasteiger charge is 2.33. The van der Waals surface area contributed by atoms with E-state index in [4.69, 9.17) is 14.5 Å². The number of aromatic nitrogens is 4. The first-order valence-corrected chi connectivity index (χ1v) is 11.5.